The van der Waals surface area contributed by atoms with Crippen LogP contribution in [0.3, 0.4) is 0 Å². The summed E-state index contributed by atoms with van der Waals surface area (Å²) in [7, 11) is 10.1. The molecule has 420 valence electrons. The second kappa shape index (κ2) is 24.2. The topological polar surface area (TPSA) is 185 Å². The van der Waals surface area contributed by atoms with E-state index < -0.39 is 46.8 Å². The second-order valence-corrected chi connectivity index (χ2v) is 28.2. The van der Waals surface area contributed by atoms with Crippen LogP contribution in [-0.2, 0) is 41.4 Å². The number of aromatic amines is 1. The maximum absolute atomic E-state index is 17.5. The molecule has 0 spiro atoms. The van der Waals surface area contributed by atoms with Gasteiger partial charge in [-0.1, -0.05) is 118 Å². The number of benzene rings is 5. The fourth-order valence-corrected chi connectivity index (χ4v) is 20.4. The first kappa shape index (κ1) is 56.4. The monoisotopic (exact) mass is 1140 g/mol. The molecule has 0 saturated heterocycles. The van der Waals surface area contributed by atoms with Crippen LogP contribution in [0.2, 0.25) is 0 Å². The predicted octanol–water partition coefficient (Wildman–Crippen LogP) is 12.2. The van der Waals surface area contributed by atoms with Gasteiger partial charge in [0.15, 0.2) is 28.8 Å². The lowest BCUT2D eigenvalue weighted by atomic mass is 9.52. The zero-order valence-corrected chi connectivity index (χ0v) is 48.8. The van der Waals surface area contributed by atoms with Crippen molar-refractivity contribution in [2.75, 3.05) is 38.0 Å². The first-order chi connectivity index (χ1) is 38.4. The van der Waals surface area contributed by atoms with Crippen molar-refractivity contribution in [2.24, 2.45) is 23.7 Å². The highest BCUT2D eigenvalue weighted by Gasteiger charge is 2.62. The molecule has 6 aromatic rings. The number of rotatable bonds is 9. The predicted molar refractivity (Wildman–Crippen MR) is 322 cm³/mol. The number of aryl methyl sites for hydroxylation is 1. The maximum Gasteiger partial charge on any atom is 0.164 e. The summed E-state index contributed by atoms with van der Waals surface area (Å²) in [4.78, 5) is 20.7. The molecule has 2 aliphatic heterocycles. The zero-order chi connectivity index (χ0) is 55.0. The highest BCUT2D eigenvalue weighted by molar-refractivity contribution is 8.77. The number of carbonyl (C=O) groups excluding carboxylic acids is 1. The maximum atomic E-state index is 17.5. The van der Waals surface area contributed by atoms with Gasteiger partial charge in [-0.2, -0.15) is 0 Å². The molecule has 8 N–H and O–H groups in total. The van der Waals surface area contributed by atoms with Gasteiger partial charge >= 0.3 is 0 Å². The first-order valence-corrected chi connectivity index (χ1v) is 33.4. The molecule has 3 saturated carbocycles. The molecule has 3 heterocycles. The lowest BCUT2D eigenvalue weighted by Gasteiger charge is -2.52. The van der Waals surface area contributed by atoms with Crippen LogP contribution >= 0.6 is 43.2 Å². The number of aliphatic hydroxyl groups is 3. The Bertz CT molecular complexity index is 3130. The first-order valence-electron chi connectivity index (χ1n) is 28.5. The Balaban J connectivity index is 1.13. The van der Waals surface area contributed by atoms with Crippen molar-refractivity contribution < 1.29 is 44.9 Å². The fraction of sp³-hybridized carbons (Fsp3) is 0.484. The number of nitrogens with one attached hydrogen (secondary N) is 2. The Morgan fingerprint density at radius 3 is 2.39 bits per heavy atom. The summed E-state index contributed by atoms with van der Waals surface area (Å²) < 4.78 is 12.9. The summed E-state index contributed by atoms with van der Waals surface area (Å²) in [6.07, 6.45) is 10.9. The van der Waals surface area contributed by atoms with Crippen LogP contribution < -0.4 is 14.8 Å². The number of aromatic nitrogens is 1. The van der Waals surface area contributed by atoms with Gasteiger partial charge in [0, 0.05) is 64.9 Å². The van der Waals surface area contributed by atoms with Crippen LogP contribution in [0, 0.1) is 23.7 Å². The SMILES string of the molecule is CCc1ccc2cccc3c2c1Cc1c(ccc(O)c1OC)CC(Cc1cc[nH]c1)C(O)C1C(=O)C(c2cc(O)cc(C4(NC)CCCC4)c2)(C2CSSCC4CCCCC4Oc4cc2ccc4O)C(O)CC1CSSC3CO. The van der Waals surface area contributed by atoms with Crippen molar-refractivity contribution >= 4 is 59.7 Å². The van der Waals surface area contributed by atoms with E-state index in [1.165, 1.54) is 0 Å². The quantitative estimate of drug-likeness (QED) is 0.0640. The molecule has 11 rings (SSSR count). The summed E-state index contributed by atoms with van der Waals surface area (Å²) in [5.74, 6) is -0.521. The Morgan fingerprint density at radius 1 is 0.835 bits per heavy atom. The van der Waals surface area contributed by atoms with E-state index in [4.69, 9.17) is 9.47 Å². The number of fused-ring (bicyclic) bond motifs is 5. The molecule has 5 aliphatic rings. The number of phenolic OH excluding ortho intramolecular Hbond substituents is 3. The molecular weight excluding hydrogens is 1070 g/mol. The minimum absolute atomic E-state index is 0.000898. The van der Waals surface area contributed by atoms with Crippen molar-refractivity contribution in [3.8, 4) is 28.7 Å². The number of Topliss-reactive ketones (excluding diaryl/α,β-unsaturated/α-hetero) is 1. The van der Waals surface area contributed by atoms with Gasteiger partial charge in [0.25, 0.3) is 0 Å². The van der Waals surface area contributed by atoms with Crippen molar-refractivity contribution in [1.29, 1.82) is 0 Å². The summed E-state index contributed by atoms with van der Waals surface area (Å²) in [6.45, 7) is 1.99. The van der Waals surface area contributed by atoms with Crippen molar-refractivity contribution in [3.63, 3.8) is 0 Å². The van der Waals surface area contributed by atoms with Crippen LogP contribution in [0.1, 0.15) is 126 Å². The molecule has 5 aromatic carbocycles. The standard InChI is InChI=1S/C64H76N2O9S4/c1-4-38-14-15-39-11-9-12-48-56(33-67)79-78-35-44-27-57(71)64(46-28-45(29-47(68)30-46)63(65-2)21-7-8-22-63,51-36-77-76-34-42-10-5-6-13-54(42)75-55-26-41(51)17-18-52(55)69)62(73)59(44)60(72)43(24-37-20-23-66-32-37)25-40-16-19-53(70)61(74-3)50(40)31-49(38)58(39)48/h9,11-12,14-20,23,26,28-30,32,42-44,51,54,56-57,59-60,65-72H,4-8,10,13,21-22,24-25,27,31,33-36H2,1-3H3. The van der Waals surface area contributed by atoms with Crippen molar-refractivity contribution in [2.45, 2.75) is 131 Å². The van der Waals surface area contributed by atoms with Gasteiger partial charge in [0.05, 0.1) is 36.6 Å². The van der Waals surface area contributed by atoms with E-state index in [-0.39, 0.29) is 53.3 Å². The second-order valence-electron chi connectivity index (χ2n) is 23.0. The van der Waals surface area contributed by atoms with E-state index >= 15 is 4.79 Å². The van der Waals surface area contributed by atoms with Gasteiger partial charge in [-0.3, -0.25) is 4.79 Å². The lowest BCUT2D eigenvalue weighted by molar-refractivity contribution is -0.150. The molecule has 10 unspecified atom stereocenters. The third kappa shape index (κ3) is 10.7. The average molecular weight is 1150 g/mol. The zero-order valence-electron chi connectivity index (χ0n) is 45.5. The minimum atomic E-state index is -1.72. The normalized spacial score (nSPS) is 28.5. The molecule has 1 aromatic heterocycles. The highest BCUT2D eigenvalue weighted by Crippen LogP contribution is 2.58. The number of phenols is 3. The lowest BCUT2D eigenvalue weighted by Crippen LogP contribution is -2.62. The summed E-state index contributed by atoms with van der Waals surface area (Å²) in [6, 6.07) is 27.1. The molecule has 3 aliphatic carbocycles. The van der Waals surface area contributed by atoms with E-state index in [1.807, 2.05) is 49.8 Å². The van der Waals surface area contributed by atoms with E-state index in [9.17, 15) is 30.6 Å². The number of methoxy groups -OCH3 is 1. The number of ether oxygens (including phenoxy) is 2. The van der Waals surface area contributed by atoms with Crippen LogP contribution in [0.5, 0.6) is 28.7 Å². The Labute approximate surface area is 480 Å². The smallest absolute Gasteiger partial charge is 0.164 e. The molecule has 10 atom stereocenters. The number of H-pyrrole nitrogens is 1. The van der Waals surface area contributed by atoms with E-state index in [2.05, 4.69) is 47.6 Å². The molecule has 0 amide bonds. The van der Waals surface area contributed by atoms with Gasteiger partial charge in [-0.15, -0.1) is 0 Å². The summed E-state index contributed by atoms with van der Waals surface area (Å²) >= 11 is 0. The van der Waals surface area contributed by atoms with E-state index in [1.54, 1.807) is 74.6 Å². The Hall–Kier alpha value is -4.45. The number of ketones is 1. The summed E-state index contributed by atoms with van der Waals surface area (Å²) in [5.41, 5.74) is 5.72. The largest absolute Gasteiger partial charge is 0.508 e. The number of carbonyl (C=O) groups is 1. The average Bonchev–Trinajstić information content (AvgIpc) is 4.21. The van der Waals surface area contributed by atoms with Gasteiger partial charge < -0.3 is 50.4 Å². The number of hydrogen-bond acceptors (Lipinski definition) is 14. The molecule has 2 bridgehead atoms. The van der Waals surface area contributed by atoms with Gasteiger partial charge in [-0.05, 0) is 168 Å². The van der Waals surface area contributed by atoms with Crippen LogP contribution in [0.15, 0.2) is 97.3 Å². The van der Waals surface area contributed by atoms with E-state index in [0.717, 1.165) is 119 Å². The van der Waals surface area contributed by atoms with Crippen LogP contribution in [-0.4, -0.2) is 97.7 Å². The minimum Gasteiger partial charge on any atom is -0.508 e. The number of aliphatic hydroxyl groups excluding tert-OH is 3. The third-order valence-electron chi connectivity index (χ3n) is 18.8. The van der Waals surface area contributed by atoms with Gasteiger partial charge in [-0.25, -0.2) is 0 Å². The molecule has 0 radical (unpaired) electrons. The molecule has 79 heavy (non-hydrogen) atoms. The van der Waals surface area contributed by atoms with Crippen LogP contribution in [0.25, 0.3) is 10.8 Å². The molecular formula is C64H76N2O9S4. The third-order valence-corrected chi connectivity index (χ3v) is 24.2. The summed E-state index contributed by atoms with van der Waals surface area (Å²) in [5, 5.41) is 79.7. The Kier molecular flexibility index (Phi) is 17.3. The van der Waals surface area contributed by atoms with Crippen LogP contribution in [0.4, 0.5) is 0 Å². The highest BCUT2D eigenvalue weighted by atomic mass is 33.1. The van der Waals surface area contributed by atoms with Gasteiger partial charge in [0.2, 0.25) is 0 Å². The molecule has 11 nitrogen and oxygen atoms in total. The number of hydrogen-bond donors (Lipinski definition) is 8. The molecule has 15 heteroatoms. The van der Waals surface area contributed by atoms with Crippen molar-refractivity contribution in [1.82, 2.24) is 10.3 Å². The fourth-order valence-electron chi connectivity index (χ4n) is 14.7. The van der Waals surface area contributed by atoms with Gasteiger partial charge in [0.1, 0.15) is 11.9 Å². The molecule has 3 fully saturated rings. The number of aromatic hydroxyl groups is 3. The Morgan fingerprint density at radius 2 is 1.62 bits per heavy atom. The van der Waals surface area contributed by atoms with E-state index in [0.29, 0.717) is 47.8 Å². The van der Waals surface area contributed by atoms with Crippen molar-refractivity contribution in [3.05, 3.63) is 147 Å².